The molecular weight excluding hydrogens is 302 g/mol. The summed E-state index contributed by atoms with van der Waals surface area (Å²) in [4.78, 5) is 10.9. The molecule has 0 aromatic heterocycles. The molecule has 1 saturated heterocycles. The highest BCUT2D eigenvalue weighted by Crippen LogP contribution is 2.28. The molecule has 1 heterocycles. The number of amides is 1. The van der Waals surface area contributed by atoms with Crippen molar-refractivity contribution in [3.8, 4) is 5.75 Å². The second-order valence-electron chi connectivity index (χ2n) is 4.09. The summed E-state index contributed by atoms with van der Waals surface area (Å²) in [7, 11) is 0. The van der Waals surface area contributed by atoms with E-state index in [0.29, 0.717) is 17.9 Å². The largest absolute Gasteiger partial charge is 0.489 e. The summed E-state index contributed by atoms with van der Waals surface area (Å²) >= 11 is 3.37. The van der Waals surface area contributed by atoms with Crippen LogP contribution in [0.1, 0.15) is 11.1 Å². The highest BCUT2D eigenvalue weighted by Gasteiger charge is 2.23. The molecule has 98 valence electrons. The molecule has 0 aliphatic carbocycles. The summed E-state index contributed by atoms with van der Waals surface area (Å²) in [6.45, 7) is 2.52. The lowest BCUT2D eigenvalue weighted by Gasteiger charge is -2.15. The molecule has 1 aliphatic rings. The van der Waals surface area contributed by atoms with Gasteiger partial charge < -0.3 is 19.9 Å². The van der Waals surface area contributed by atoms with Gasteiger partial charge in [-0.15, -0.1) is 0 Å². The van der Waals surface area contributed by atoms with Crippen molar-refractivity contribution in [2.45, 2.75) is 19.6 Å². The fraction of sp³-hybridized carbons (Fsp3) is 0.417. The normalized spacial score (nSPS) is 18.4. The number of benzene rings is 1. The van der Waals surface area contributed by atoms with E-state index >= 15 is 0 Å². The van der Waals surface area contributed by atoms with Crippen molar-refractivity contribution in [2.75, 3.05) is 13.2 Å². The predicted octanol–water partition coefficient (Wildman–Crippen LogP) is 1.74. The van der Waals surface area contributed by atoms with E-state index in [1.165, 1.54) is 0 Å². The number of halogens is 1. The van der Waals surface area contributed by atoms with Crippen LogP contribution in [0.4, 0.5) is 4.79 Å². The fourth-order valence-corrected chi connectivity index (χ4v) is 2.44. The van der Waals surface area contributed by atoms with Gasteiger partial charge in [-0.3, -0.25) is 0 Å². The first-order chi connectivity index (χ1) is 8.60. The van der Waals surface area contributed by atoms with Gasteiger partial charge in [0.15, 0.2) is 6.10 Å². The molecule has 2 N–H and O–H groups in total. The van der Waals surface area contributed by atoms with Crippen LogP contribution in [0.3, 0.4) is 0 Å². The topological polar surface area (TPSA) is 67.8 Å². The number of carbonyl (C=O) groups is 1. The number of aliphatic hydroxyl groups is 1. The first-order valence-corrected chi connectivity index (χ1v) is 6.36. The molecular formula is C12H14BrNO4. The van der Waals surface area contributed by atoms with Gasteiger partial charge in [-0.05, 0) is 24.6 Å². The third-order valence-corrected chi connectivity index (χ3v) is 3.11. The van der Waals surface area contributed by atoms with Crippen LogP contribution in [0.25, 0.3) is 0 Å². The molecule has 0 saturated carbocycles. The molecule has 1 aromatic carbocycles. The molecule has 6 heteroatoms. The standard InChI is InChI=1S/C12H14BrNO4/c1-7-2-9(13)3-8(5-15)11(7)17-6-10-4-14-12(16)18-10/h2-3,10,15H,4-6H2,1H3,(H,14,16). The molecule has 1 aromatic rings. The van der Waals surface area contributed by atoms with Crippen molar-refractivity contribution in [3.05, 3.63) is 27.7 Å². The van der Waals surface area contributed by atoms with Crippen LogP contribution in [0.15, 0.2) is 16.6 Å². The zero-order valence-electron chi connectivity index (χ0n) is 9.90. The third-order valence-electron chi connectivity index (χ3n) is 2.65. The van der Waals surface area contributed by atoms with Crippen molar-refractivity contribution in [3.63, 3.8) is 0 Å². The number of hydrogen-bond acceptors (Lipinski definition) is 4. The zero-order valence-corrected chi connectivity index (χ0v) is 11.5. The SMILES string of the molecule is Cc1cc(Br)cc(CO)c1OCC1CNC(=O)O1. The van der Waals surface area contributed by atoms with Crippen LogP contribution in [0, 0.1) is 6.92 Å². The minimum Gasteiger partial charge on any atom is -0.489 e. The van der Waals surface area contributed by atoms with Crippen molar-refractivity contribution in [1.82, 2.24) is 5.32 Å². The van der Waals surface area contributed by atoms with E-state index < -0.39 is 6.09 Å². The Labute approximate surface area is 113 Å². The highest BCUT2D eigenvalue weighted by molar-refractivity contribution is 9.10. The van der Waals surface area contributed by atoms with Gasteiger partial charge in [0.2, 0.25) is 0 Å². The summed E-state index contributed by atoms with van der Waals surface area (Å²) < 4.78 is 11.5. The van der Waals surface area contributed by atoms with Gasteiger partial charge in [-0.25, -0.2) is 4.79 Å². The van der Waals surface area contributed by atoms with E-state index in [1.54, 1.807) is 6.07 Å². The summed E-state index contributed by atoms with van der Waals surface area (Å²) in [5, 5.41) is 11.9. The van der Waals surface area contributed by atoms with Gasteiger partial charge in [-0.2, -0.15) is 0 Å². The lowest BCUT2D eigenvalue weighted by atomic mass is 10.1. The van der Waals surface area contributed by atoms with Gasteiger partial charge >= 0.3 is 6.09 Å². The number of cyclic esters (lactones) is 1. The van der Waals surface area contributed by atoms with Crippen molar-refractivity contribution < 1.29 is 19.4 Å². The van der Waals surface area contributed by atoms with E-state index in [9.17, 15) is 9.90 Å². The Balaban J connectivity index is 2.06. The fourth-order valence-electron chi connectivity index (χ4n) is 1.82. The van der Waals surface area contributed by atoms with Crippen molar-refractivity contribution in [2.24, 2.45) is 0 Å². The Bertz CT molecular complexity index is 464. The van der Waals surface area contributed by atoms with Crippen molar-refractivity contribution >= 4 is 22.0 Å². The number of aryl methyl sites for hydroxylation is 1. The average Bonchev–Trinajstić information content (AvgIpc) is 2.73. The number of nitrogens with one attached hydrogen (secondary N) is 1. The second kappa shape index (κ2) is 5.58. The number of ether oxygens (including phenoxy) is 2. The number of hydrogen-bond donors (Lipinski definition) is 2. The monoisotopic (exact) mass is 315 g/mol. The molecule has 18 heavy (non-hydrogen) atoms. The second-order valence-corrected chi connectivity index (χ2v) is 5.00. The smallest absolute Gasteiger partial charge is 0.407 e. The number of carbonyl (C=O) groups excluding carboxylic acids is 1. The average molecular weight is 316 g/mol. The molecule has 1 amide bonds. The summed E-state index contributed by atoms with van der Waals surface area (Å²) in [5.74, 6) is 0.642. The quantitative estimate of drug-likeness (QED) is 0.888. The molecule has 1 unspecified atom stereocenters. The lowest BCUT2D eigenvalue weighted by molar-refractivity contribution is 0.103. The Hall–Kier alpha value is -1.27. The highest BCUT2D eigenvalue weighted by atomic mass is 79.9. The lowest BCUT2D eigenvalue weighted by Crippen LogP contribution is -2.22. The van der Waals surface area contributed by atoms with Gasteiger partial charge in [0.05, 0.1) is 13.2 Å². The Morgan fingerprint density at radius 1 is 1.61 bits per heavy atom. The Morgan fingerprint density at radius 3 is 3.00 bits per heavy atom. The molecule has 2 rings (SSSR count). The molecule has 1 aliphatic heterocycles. The van der Waals surface area contributed by atoms with Crippen LogP contribution in [-0.4, -0.2) is 30.5 Å². The van der Waals surface area contributed by atoms with Gasteiger partial charge in [0.1, 0.15) is 12.4 Å². The Morgan fingerprint density at radius 2 is 2.39 bits per heavy atom. The summed E-state index contributed by atoms with van der Waals surface area (Å²) in [5.41, 5.74) is 1.63. The van der Waals surface area contributed by atoms with Gasteiger partial charge in [0.25, 0.3) is 0 Å². The Kier molecular flexibility index (Phi) is 4.08. The minimum absolute atomic E-state index is 0.0989. The van der Waals surface area contributed by atoms with Crippen LogP contribution >= 0.6 is 15.9 Å². The van der Waals surface area contributed by atoms with Crippen LogP contribution < -0.4 is 10.1 Å². The molecule has 0 spiro atoms. The zero-order chi connectivity index (χ0) is 13.1. The number of alkyl carbamates (subject to hydrolysis) is 1. The molecule has 5 nitrogen and oxygen atoms in total. The minimum atomic E-state index is -0.418. The van der Waals surface area contributed by atoms with E-state index in [2.05, 4.69) is 21.2 Å². The molecule has 1 atom stereocenters. The first-order valence-electron chi connectivity index (χ1n) is 5.57. The van der Waals surface area contributed by atoms with Gasteiger partial charge in [-0.1, -0.05) is 15.9 Å². The maximum absolute atomic E-state index is 10.9. The summed E-state index contributed by atoms with van der Waals surface area (Å²) in [6.07, 6.45) is -0.703. The van der Waals surface area contributed by atoms with E-state index in [0.717, 1.165) is 10.0 Å². The maximum Gasteiger partial charge on any atom is 0.407 e. The third kappa shape index (κ3) is 2.94. The van der Waals surface area contributed by atoms with E-state index in [-0.39, 0.29) is 19.3 Å². The molecule has 1 fully saturated rings. The van der Waals surface area contributed by atoms with Crippen LogP contribution in [0.2, 0.25) is 0 Å². The van der Waals surface area contributed by atoms with Crippen LogP contribution in [-0.2, 0) is 11.3 Å². The van der Waals surface area contributed by atoms with E-state index in [4.69, 9.17) is 9.47 Å². The van der Waals surface area contributed by atoms with Gasteiger partial charge in [0, 0.05) is 10.0 Å². The number of rotatable bonds is 4. The van der Waals surface area contributed by atoms with Crippen molar-refractivity contribution in [1.29, 1.82) is 0 Å². The molecule has 0 bridgehead atoms. The molecule has 0 radical (unpaired) electrons. The number of aliphatic hydroxyl groups excluding tert-OH is 1. The maximum atomic E-state index is 10.9. The van der Waals surface area contributed by atoms with E-state index in [1.807, 2.05) is 13.0 Å². The first kappa shape index (κ1) is 13.2. The summed E-state index contributed by atoms with van der Waals surface area (Å²) in [6, 6.07) is 3.72. The van der Waals surface area contributed by atoms with Crippen LogP contribution in [0.5, 0.6) is 5.75 Å². The predicted molar refractivity (Wildman–Crippen MR) is 68.6 cm³/mol.